The molecule has 0 aliphatic rings. The van der Waals surface area contributed by atoms with E-state index < -0.39 is 0 Å². The first kappa shape index (κ1) is 13.7. The molecule has 0 aromatic heterocycles. The topological polar surface area (TPSA) is 20.3 Å². The molecule has 0 saturated carbocycles. The number of carbonyl (C=O) groups excluding carboxylic acids is 1. The van der Waals surface area contributed by atoms with Crippen LogP contribution in [0.15, 0.2) is 48.0 Å². The molecule has 0 spiro atoms. The van der Waals surface area contributed by atoms with Crippen molar-refractivity contribution in [1.82, 2.24) is 4.90 Å². The lowest BCUT2D eigenvalue weighted by molar-refractivity contribution is 0.0790. The van der Waals surface area contributed by atoms with E-state index in [0.29, 0.717) is 18.7 Å². The number of aryl methyl sites for hydroxylation is 1. The second-order valence-corrected chi connectivity index (χ2v) is 4.63. The molecule has 1 aromatic carbocycles. The van der Waals surface area contributed by atoms with Gasteiger partial charge >= 0.3 is 0 Å². The number of rotatable bonds is 5. The summed E-state index contributed by atoms with van der Waals surface area (Å²) in [5, 5.41) is 0. The molecule has 3 heteroatoms. The van der Waals surface area contributed by atoms with Gasteiger partial charge in [-0.2, -0.15) is 0 Å². The molecule has 1 rings (SSSR count). The summed E-state index contributed by atoms with van der Waals surface area (Å²) in [4.78, 5) is 13.9. The Morgan fingerprint density at radius 2 is 1.94 bits per heavy atom. The van der Waals surface area contributed by atoms with Gasteiger partial charge in [0.2, 0.25) is 0 Å². The number of nitrogens with zero attached hydrogens (tertiary/aromatic N) is 1. The van der Waals surface area contributed by atoms with Crippen LogP contribution in [-0.4, -0.2) is 23.9 Å². The summed E-state index contributed by atoms with van der Waals surface area (Å²) in [5.41, 5.74) is 1.78. The van der Waals surface area contributed by atoms with Crippen LogP contribution in [0.4, 0.5) is 0 Å². The SMILES string of the molecule is C=CCN(CC=C)C(=O)c1ccc(C)cc1Br. The lowest BCUT2D eigenvalue weighted by atomic mass is 10.1. The molecule has 1 aromatic rings. The van der Waals surface area contributed by atoms with Gasteiger partial charge in [-0.3, -0.25) is 4.79 Å². The first-order valence-corrected chi connectivity index (χ1v) is 6.16. The highest BCUT2D eigenvalue weighted by Crippen LogP contribution is 2.20. The van der Waals surface area contributed by atoms with Gasteiger partial charge in [0.25, 0.3) is 5.91 Å². The Bertz CT molecular complexity index is 430. The lowest BCUT2D eigenvalue weighted by Crippen LogP contribution is -2.31. The van der Waals surface area contributed by atoms with E-state index in [-0.39, 0.29) is 5.91 Å². The fraction of sp³-hybridized carbons (Fsp3) is 0.214. The smallest absolute Gasteiger partial charge is 0.255 e. The van der Waals surface area contributed by atoms with Crippen LogP contribution in [0, 0.1) is 6.92 Å². The Morgan fingerprint density at radius 1 is 1.35 bits per heavy atom. The highest BCUT2D eigenvalue weighted by atomic mass is 79.9. The van der Waals surface area contributed by atoms with Gasteiger partial charge in [-0.1, -0.05) is 18.2 Å². The maximum absolute atomic E-state index is 12.3. The number of carbonyl (C=O) groups is 1. The summed E-state index contributed by atoms with van der Waals surface area (Å²) in [6.45, 7) is 10.3. The normalized spacial score (nSPS) is 9.76. The summed E-state index contributed by atoms with van der Waals surface area (Å²) in [7, 11) is 0. The largest absolute Gasteiger partial charge is 0.331 e. The zero-order chi connectivity index (χ0) is 12.8. The molecule has 0 saturated heterocycles. The van der Waals surface area contributed by atoms with Gasteiger partial charge in [-0.25, -0.2) is 0 Å². The average molecular weight is 294 g/mol. The Hall–Kier alpha value is -1.35. The summed E-state index contributed by atoms with van der Waals surface area (Å²) in [5.74, 6) is -0.0170. The molecule has 0 bridgehead atoms. The van der Waals surface area contributed by atoms with Crippen molar-refractivity contribution in [2.45, 2.75) is 6.92 Å². The number of halogens is 1. The van der Waals surface area contributed by atoms with Crippen molar-refractivity contribution in [3.8, 4) is 0 Å². The van der Waals surface area contributed by atoms with E-state index in [2.05, 4.69) is 29.1 Å². The fourth-order valence-electron chi connectivity index (χ4n) is 1.52. The molecule has 1 amide bonds. The Balaban J connectivity index is 2.99. The van der Waals surface area contributed by atoms with Gasteiger partial charge in [-0.15, -0.1) is 13.2 Å². The highest BCUT2D eigenvalue weighted by Gasteiger charge is 2.15. The molecule has 0 aliphatic carbocycles. The lowest BCUT2D eigenvalue weighted by Gasteiger charge is -2.20. The molecule has 0 N–H and O–H groups in total. The van der Waals surface area contributed by atoms with E-state index in [0.717, 1.165) is 10.0 Å². The second-order valence-electron chi connectivity index (χ2n) is 3.77. The minimum Gasteiger partial charge on any atom is -0.331 e. The number of hydrogen-bond donors (Lipinski definition) is 0. The molecule has 2 nitrogen and oxygen atoms in total. The van der Waals surface area contributed by atoms with Crippen molar-refractivity contribution >= 4 is 21.8 Å². The molecule has 0 unspecified atom stereocenters. The zero-order valence-electron chi connectivity index (χ0n) is 9.95. The molecule has 0 atom stereocenters. The molecule has 0 aliphatic heterocycles. The van der Waals surface area contributed by atoms with Crippen molar-refractivity contribution in [2.24, 2.45) is 0 Å². The van der Waals surface area contributed by atoms with E-state index in [1.165, 1.54) is 0 Å². The molecule has 17 heavy (non-hydrogen) atoms. The number of hydrogen-bond acceptors (Lipinski definition) is 1. The van der Waals surface area contributed by atoms with Crippen LogP contribution in [0.3, 0.4) is 0 Å². The molecular weight excluding hydrogens is 278 g/mol. The van der Waals surface area contributed by atoms with Crippen LogP contribution < -0.4 is 0 Å². The van der Waals surface area contributed by atoms with Crippen molar-refractivity contribution in [3.05, 3.63) is 59.1 Å². The van der Waals surface area contributed by atoms with Gasteiger partial charge < -0.3 is 4.90 Å². The van der Waals surface area contributed by atoms with Gasteiger partial charge in [0.15, 0.2) is 0 Å². The average Bonchev–Trinajstić information content (AvgIpc) is 2.28. The minimum absolute atomic E-state index is 0.0170. The molecule has 0 fully saturated rings. The highest BCUT2D eigenvalue weighted by molar-refractivity contribution is 9.10. The van der Waals surface area contributed by atoms with Crippen LogP contribution >= 0.6 is 15.9 Å². The van der Waals surface area contributed by atoms with E-state index in [1.54, 1.807) is 17.1 Å². The van der Waals surface area contributed by atoms with E-state index in [4.69, 9.17) is 0 Å². The zero-order valence-corrected chi connectivity index (χ0v) is 11.5. The third kappa shape index (κ3) is 3.56. The van der Waals surface area contributed by atoms with Crippen LogP contribution in [0.2, 0.25) is 0 Å². The van der Waals surface area contributed by atoms with Crippen molar-refractivity contribution in [2.75, 3.05) is 13.1 Å². The summed E-state index contributed by atoms with van der Waals surface area (Å²) in [6, 6.07) is 5.70. The maximum Gasteiger partial charge on any atom is 0.255 e. The van der Waals surface area contributed by atoms with Gasteiger partial charge in [0.05, 0.1) is 5.56 Å². The Morgan fingerprint density at radius 3 is 2.41 bits per heavy atom. The standard InChI is InChI=1S/C14H16BrNO/c1-4-8-16(9-5-2)14(17)12-7-6-11(3)10-13(12)15/h4-7,10H,1-2,8-9H2,3H3. The van der Waals surface area contributed by atoms with Gasteiger partial charge in [0.1, 0.15) is 0 Å². The Kier molecular flexibility index (Phi) is 5.16. The third-order valence-corrected chi connectivity index (χ3v) is 3.00. The first-order valence-electron chi connectivity index (χ1n) is 5.37. The second kappa shape index (κ2) is 6.40. The molecule has 90 valence electrons. The predicted octanol–water partition coefficient (Wildman–Crippen LogP) is 3.57. The minimum atomic E-state index is -0.0170. The molecular formula is C14H16BrNO. The van der Waals surface area contributed by atoms with Crippen LogP contribution in [-0.2, 0) is 0 Å². The van der Waals surface area contributed by atoms with E-state index >= 15 is 0 Å². The third-order valence-electron chi connectivity index (χ3n) is 2.34. The quantitative estimate of drug-likeness (QED) is 0.760. The van der Waals surface area contributed by atoms with Crippen molar-refractivity contribution in [3.63, 3.8) is 0 Å². The number of amides is 1. The van der Waals surface area contributed by atoms with Crippen molar-refractivity contribution in [1.29, 1.82) is 0 Å². The fourth-order valence-corrected chi connectivity index (χ4v) is 2.18. The monoisotopic (exact) mass is 293 g/mol. The van der Waals surface area contributed by atoms with Crippen LogP contribution in [0.1, 0.15) is 15.9 Å². The summed E-state index contributed by atoms with van der Waals surface area (Å²) >= 11 is 3.42. The summed E-state index contributed by atoms with van der Waals surface area (Å²) in [6.07, 6.45) is 3.42. The van der Waals surface area contributed by atoms with Crippen molar-refractivity contribution < 1.29 is 4.79 Å². The van der Waals surface area contributed by atoms with Gasteiger partial charge in [-0.05, 0) is 40.5 Å². The van der Waals surface area contributed by atoms with Gasteiger partial charge in [0, 0.05) is 17.6 Å². The van der Waals surface area contributed by atoms with E-state index in [1.807, 2.05) is 25.1 Å². The first-order chi connectivity index (χ1) is 8.10. The van der Waals surface area contributed by atoms with Crippen LogP contribution in [0.25, 0.3) is 0 Å². The Labute approximate surface area is 111 Å². The summed E-state index contributed by atoms with van der Waals surface area (Å²) < 4.78 is 0.820. The maximum atomic E-state index is 12.3. The van der Waals surface area contributed by atoms with E-state index in [9.17, 15) is 4.79 Å². The molecule has 0 heterocycles. The molecule has 0 radical (unpaired) electrons. The number of benzene rings is 1. The van der Waals surface area contributed by atoms with Crippen LogP contribution in [0.5, 0.6) is 0 Å². The predicted molar refractivity (Wildman–Crippen MR) is 75.2 cm³/mol.